The summed E-state index contributed by atoms with van der Waals surface area (Å²) in [5.41, 5.74) is 6.72. The second kappa shape index (κ2) is 9.94. The molecule has 2 aromatic carbocycles. The van der Waals surface area contributed by atoms with Crippen LogP contribution in [0.25, 0.3) is 21.6 Å². The summed E-state index contributed by atoms with van der Waals surface area (Å²) in [6.07, 6.45) is 0.883. The van der Waals surface area contributed by atoms with Crippen LogP contribution in [0, 0.1) is 11.3 Å². The molecular formula is C28H24N3OS2+. The van der Waals surface area contributed by atoms with Crippen LogP contribution < -0.4 is 4.90 Å². The molecule has 0 bridgehead atoms. The van der Waals surface area contributed by atoms with Gasteiger partial charge in [0, 0.05) is 28.0 Å². The molecule has 2 aromatic heterocycles. The summed E-state index contributed by atoms with van der Waals surface area (Å²) in [5, 5.41) is 12.8. The number of nitrogens with zero attached hydrogens (tertiary/aromatic N) is 2. The molecule has 0 saturated carbocycles. The topological polar surface area (TPSA) is 58.2 Å². The van der Waals surface area contributed by atoms with Gasteiger partial charge in [-0.15, -0.1) is 11.3 Å². The predicted octanol–water partition coefficient (Wildman–Crippen LogP) is 4.89. The Bertz CT molecular complexity index is 1360. The molecule has 3 heterocycles. The zero-order valence-corrected chi connectivity index (χ0v) is 20.5. The van der Waals surface area contributed by atoms with Crippen molar-refractivity contribution in [3.05, 3.63) is 94.5 Å². The van der Waals surface area contributed by atoms with Gasteiger partial charge in [0.15, 0.2) is 5.78 Å². The summed E-state index contributed by atoms with van der Waals surface area (Å²) >= 11 is 3.02. The molecule has 0 spiro atoms. The average Bonchev–Trinajstić information content (AvgIpc) is 3.41. The number of nitrogens with one attached hydrogen (secondary N) is 1. The lowest BCUT2D eigenvalue weighted by molar-refractivity contribution is -0.895. The number of benzene rings is 2. The summed E-state index contributed by atoms with van der Waals surface area (Å²) in [5.74, 6) is 0.287. The maximum atomic E-state index is 13.0. The number of Topliss-reactive ketones (excluding diaryl/α,β-unsaturated/α-hetero) is 1. The van der Waals surface area contributed by atoms with Crippen LogP contribution in [0.15, 0.2) is 77.1 Å². The molecule has 0 saturated heterocycles. The molecule has 0 fully saturated rings. The Morgan fingerprint density at radius 3 is 2.56 bits per heavy atom. The smallest absolute Gasteiger partial charge is 0.173 e. The molecule has 1 aliphatic rings. The minimum atomic E-state index is 0.0369. The maximum Gasteiger partial charge on any atom is 0.173 e. The van der Waals surface area contributed by atoms with Crippen molar-refractivity contribution in [1.29, 1.82) is 5.26 Å². The number of fused-ring (bicyclic) bond motifs is 1. The zero-order valence-electron chi connectivity index (χ0n) is 18.9. The number of quaternary nitrogens is 1. The highest BCUT2D eigenvalue weighted by Crippen LogP contribution is 2.37. The van der Waals surface area contributed by atoms with Crippen LogP contribution >= 0.6 is 23.1 Å². The largest absolute Gasteiger partial charge is 0.333 e. The normalized spacial score (nSPS) is 14.9. The summed E-state index contributed by atoms with van der Waals surface area (Å²) in [4.78, 5) is 20.4. The van der Waals surface area contributed by atoms with Crippen LogP contribution in [0.1, 0.15) is 27.2 Å². The fourth-order valence-electron chi connectivity index (χ4n) is 4.36. The minimum absolute atomic E-state index is 0.0369. The van der Waals surface area contributed by atoms with Gasteiger partial charge in [-0.1, -0.05) is 72.4 Å². The van der Waals surface area contributed by atoms with Gasteiger partial charge in [-0.2, -0.15) is 5.26 Å². The van der Waals surface area contributed by atoms with E-state index in [1.165, 1.54) is 22.2 Å². The Balaban J connectivity index is 1.41. The van der Waals surface area contributed by atoms with Gasteiger partial charge in [0.05, 0.1) is 30.6 Å². The molecule has 168 valence electrons. The second-order valence-electron chi connectivity index (χ2n) is 8.47. The number of ketones is 1. The second-order valence-corrected chi connectivity index (χ2v) is 10.4. The van der Waals surface area contributed by atoms with Crippen LogP contribution in [0.2, 0.25) is 0 Å². The monoisotopic (exact) mass is 482 g/mol. The lowest BCUT2D eigenvalue weighted by atomic mass is 9.96. The van der Waals surface area contributed by atoms with E-state index in [9.17, 15) is 10.1 Å². The molecule has 4 nitrogen and oxygen atoms in total. The number of pyridine rings is 1. The number of aromatic nitrogens is 1. The van der Waals surface area contributed by atoms with Crippen molar-refractivity contribution >= 4 is 28.9 Å². The number of carbonyl (C=O) groups is 1. The molecule has 6 heteroatoms. The van der Waals surface area contributed by atoms with Crippen LogP contribution in [-0.2, 0) is 13.0 Å². The molecule has 4 aromatic rings. The Morgan fingerprint density at radius 1 is 1.09 bits per heavy atom. The molecule has 0 radical (unpaired) electrons. The Labute approximate surface area is 207 Å². The van der Waals surface area contributed by atoms with E-state index in [2.05, 4.69) is 31.3 Å². The van der Waals surface area contributed by atoms with Gasteiger partial charge in [0.1, 0.15) is 17.6 Å². The summed E-state index contributed by atoms with van der Waals surface area (Å²) in [6.45, 7) is 1.88. The van der Waals surface area contributed by atoms with Gasteiger partial charge in [-0.25, -0.2) is 4.98 Å². The fourth-order valence-corrected chi connectivity index (χ4v) is 6.07. The van der Waals surface area contributed by atoms with E-state index >= 15 is 0 Å². The standard InChI is InChI=1S/C28H23N3OS2/c1-31-14-13-24-23(17-31)27(26-8-5-15-33-26)22(16-29)28(30-24)34-18-25(32)21-11-9-20(10-12-21)19-6-3-2-4-7-19/h2-12,15H,13-14,17-18H2,1H3/p+1. The van der Waals surface area contributed by atoms with Crippen molar-refractivity contribution in [3.8, 4) is 27.6 Å². The van der Waals surface area contributed by atoms with E-state index in [0.29, 0.717) is 16.2 Å². The van der Waals surface area contributed by atoms with Crippen LogP contribution in [0.3, 0.4) is 0 Å². The molecule has 0 amide bonds. The lowest BCUT2D eigenvalue weighted by Gasteiger charge is -2.25. The fraction of sp³-hybridized carbons (Fsp3) is 0.179. The van der Waals surface area contributed by atoms with Crippen LogP contribution in [0.4, 0.5) is 0 Å². The third kappa shape index (κ3) is 4.55. The van der Waals surface area contributed by atoms with Gasteiger partial charge >= 0.3 is 0 Å². The van der Waals surface area contributed by atoms with E-state index in [1.54, 1.807) is 11.3 Å². The Kier molecular flexibility index (Phi) is 6.59. The molecule has 0 aliphatic carbocycles. The molecule has 1 atom stereocenters. The van der Waals surface area contributed by atoms with Gasteiger partial charge in [0.2, 0.25) is 0 Å². The first kappa shape index (κ1) is 22.5. The highest BCUT2D eigenvalue weighted by Gasteiger charge is 2.27. The van der Waals surface area contributed by atoms with Crippen molar-refractivity contribution in [2.24, 2.45) is 0 Å². The maximum absolute atomic E-state index is 13.0. The van der Waals surface area contributed by atoms with Crippen molar-refractivity contribution in [3.63, 3.8) is 0 Å². The number of hydrogen-bond acceptors (Lipinski definition) is 5. The van der Waals surface area contributed by atoms with Crippen molar-refractivity contribution in [2.45, 2.75) is 18.0 Å². The van der Waals surface area contributed by atoms with Gasteiger partial charge < -0.3 is 4.90 Å². The number of likely N-dealkylation sites (N-methyl/N-ethyl adjacent to an activating group) is 1. The number of thioether (sulfide) groups is 1. The SMILES string of the molecule is C[NH+]1CCc2nc(SCC(=O)c3ccc(-c4ccccc4)cc3)c(C#N)c(-c3cccs3)c2C1. The Morgan fingerprint density at radius 2 is 1.85 bits per heavy atom. The highest BCUT2D eigenvalue weighted by molar-refractivity contribution is 8.00. The highest BCUT2D eigenvalue weighted by atomic mass is 32.2. The molecule has 1 unspecified atom stereocenters. The molecule has 1 aliphatic heterocycles. The predicted molar refractivity (Wildman–Crippen MR) is 138 cm³/mol. The van der Waals surface area contributed by atoms with Crippen molar-refractivity contribution < 1.29 is 9.69 Å². The summed E-state index contributed by atoms with van der Waals surface area (Å²) < 4.78 is 0. The number of hydrogen-bond donors (Lipinski definition) is 1. The summed E-state index contributed by atoms with van der Waals surface area (Å²) in [7, 11) is 2.18. The van der Waals surface area contributed by atoms with Crippen molar-refractivity contribution in [2.75, 3.05) is 19.3 Å². The third-order valence-electron chi connectivity index (χ3n) is 6.15. The average molecular weight is 483 g/mol. The third-order valence-corrected chi connectivity index (χ3v) is 8.01. The number of thiophene rings is 1. The lowest BCUT2D eigenvalue weighted by Crippen LogP contribution is -3.08. The molecule has 1 N–H and O–H groups in total. The number of rotatable bonds is 6. The first-order chi connectivity index (χ1) is 16.6. The molecule has 5 rings (SSSR count). The number of carbonyl (C=O) groups excluding carboxylic acids is 1. The van der Waals surface area contributed by atoms with Gasteiger partial charge in [-0.05, 0) is 22.6 Å². The molecular weight excluding hydrogens is 458 g/mol. The zero-order chi connectivity index (χ0) is 23.5. The van der Waals surface area contributed by atoms with E-state index in [-0.39, 0.29) is 11.5 Å². The van der Waals surface area contributed by atoms with E-state index in [0.717, 1.165) is 46.8 Å². The van der Waals surface area contributed by atoms with Crippen LogP contribution in [0.5, 0.6) is 0 Å². The quantitative estimate of drug-likeness (QED) is 0.314. The van der Waals surface area contributed by atoms with Gasteiger partial charge in [0.25, 0.3) is 0 Å². The van der Waals surface area contributed by atoms with E-state index < -0.39 is 0 Å². The number of nitriles is 1. The van der Waals surface area contributed by atoms with Crippen LogP contribution in [-0.4, -0.2) is 30.1 Å². The molecule has 34 heavy (non-hydrogen) atoms. The van der Waals surface area contributed by atoms with Gasteiger partial charge in [-0.3, -0.25) is 4.79 Å². The first-order valence-corrected chi connectivity index (χ1v) is 13.1. The minimum Gasteiger partial charge on any atom is -0.333 e. The summed E-state index contributed by atoms with van der Waals surface area (Å²) in [6, 6.07) is 24.3. The van der Waals surface area contributed by atoms with Crippen molar-refractivity contribution in [1.82, 2.24) is 4.98 Å². The van der Waals surface area contributed by atoms with E-state index in [1.807, 2.05) is 53.9 Å². The first-order valence-electron chi connectivity index (χ1n) is 11.3. The Hall–Kier alpha value is -3.24. The van der Waals surface area contributed by atoms with E-state index in [4.69, 9.17) is 4.98 Å².